The van der Waals surface area contributed by atoms with Crippen LogP contribution >= 0.6 is 11.3 Å². The summed E-state index contributed by atoms with van der Waals surface area (Å²) in [6.45, 7) is 7.08. The molecule has 216 valence electrons. The molecule has 0 aliphatic carbocycles. The van der Waals surface area contributed by atoms with Crippen molar-refractivity contribution in [2.75, 3.05) is 27.9 Å². The van der Waals surface area contributed by atoms with Crippen LogP contribution in [0.3, 0.4) is 0 Å². The van der Waals surface area contributed by atoms with Crippen LogP contribution in [0.1, 0.15) is 44.9 Å². The highest BCUT2D eigenvalue weighted by molar-refractivity contribution is 7.07. The van der Waals surface area contributed by atoms with E-state index < -0.39 is 18.0 Å². The van der Waals surface area contributed by atoms with Gasteiger partial charge in [0.2, 0.25) is 0 Å². The second kappa shape index (κ2) is 12.4. The molecule has 1 aliphatic heterocycles. The standard InChI is InChI=1S/C30H32N2O8S/c1-16(2)15-39-29(35)26-17(3)31-30-32(27(26)19-8-10-23(40-18(4)33)24(13-19)38-7)28(34)25(41-30)14-20-12-21(36-5)9-11-22(20)37-6/h8-14,16,27H,15H2,1-7H3. The van der Waals surface area contributed by atoms with E-state index in [1.807, 2.05) is 13.8 Å². The first-order valence-electron chi connectivity index (χ1n) is 12.9. The van der Waals surface area contributed by atoms with E-state index in [1.165, 1.54) is 29.9 Å². The van der Waals surface area contributed by atoms with Crippen molar-refractivity contribution in [2.45, 2.75) is 33.7 Å². The minimum absolute atomic E-state index is 0.112. The molecule has 1 aliphatic rings. The summed E-state index contributed by atoms with van der Waals surface area (Å²) in [5.74, 6) is 0.682. The fraction of sp³-hybridized carbons (Fsp3) is 0.333. The number of carbonyl (C=O) groups excluding carboxylic acids is 2. The SMILES string of the molecule is COc1ccc(OC)c(C=c2sc3n(c2=O)C(c2ccc(OC(C)=O)c(OC)c2)C(C(=O)OCC(C)C)=C(C)N=3)c1. The van der Waals surface area contributed by atoms with Crippen LogP contribution in [0.2, 0.25) is 0 Å². The Morgan fingerprint density at radius 1 is 1.02 bits per heavy atom. The number of hydrogen-bond donors (Lipinski definition) is 0. The van der Waals surface area contributed by atoms with Crippen LogP contribution < -0.4 is 33.8 Å². The van der Waals surface area contributed by atoms with Crippen molar-refractivity contribution in [3.8, 4) is 23.0 Å². The Kier molecular flexibility index (Phi) is 8.97. The quantitative estimate of drug-likeness (QED) is 0.280. The van der Waals surface area contributed by atoms with Crippen molar-refractivity contribution in [2.24, 2.45) is 10.9 Å². The lowest BCUT2D eigenvalue weighted by Crippen LogP contribution is -2.40. The molecule has 1 unspecified atom stereocenters. The van der Waals surface area contributed by atoms with E-state index in [-0.39, 0.29) is 35.2 Å². The number of fused-ring (bicyclic) bond motifs is 1. The molecule has 0 fully saturated rings. The molecule has 0 saturated carbocycles. The van der Waals surface area contributed by atoms with E-state index in [4.69, 9.17) is 23.7 Å². The van der Waals surface area contributed by atoms with E-state index in [9.17, 15) is 14.4 Å². The molecule has 0 saturated heterocycles. The lowest BCUT2D eigenvalue weighted by atomic mass is 9.95. The maximum absolute atomic E-state index is 14.0. The molecule has 0 spiro atoms. The molecule has 0 bridgehead atoms. The summed E-state index contributed by atoms with van der Waals surface area (Å²) < 4.78 is 29.0. The predicted molar refractivity (Wildman–Crippen MR) is 153 cm³/mol. The lowest BCUT2D eigenvalue weighted by molar-refractivity contribution is -0.140. The smallest absolute Gasteiger partial charge is 0.338 e. The van der Waals surface area contributed by atoms with Crippen LogP contribution in [0.4, 0.5) is 0 Å². The highest BCUT2D eigenvalue weighted by Crippen LogP contribution is 2.36. The van der Waals surface area contributed by atoms with Gasteiger partial charge in [0.25, 0.3) is 5.56 Å². The van der Waals surface area contributed by atoms with Crippen molar-refractivity contribution >= 4 is 29.4 Å². The monoisotopic (exact) mass is 580 g/mol. The summed E-state index contributed by atoms with van der Waals surface area (Å²) in [5.41, 5.74) is 1.50. The summed E-state index contributed by atoms with van der Waals surface area (Å²) in [4.78, 5) is 44.1. The van der Waals surface area contributed by atoms with Gasteiger partial charge >= 0.3 is 11.9 Å². The number of methoxy groups -OCH3 is 3. The summed E-state index contributed by atoms with van der Waals surface area (Å²) in [7, 11) is 4.55. The topological polar surface area (TPSA) is 115 Å². The minimum Gasteiger partial charge on any atom is -0.497 e. The first-order chi connectivity index (χ1) is 19.6. The molecule has 0 N–H and O–H groups in total. The predicted octanol–water partition coefficient (Wildman–Crippen LogP) is 3.39. The molecule has 1 atom stereocenters. The Morgan fingerprint density at radius 2 is 1.73 bits per heavy atom. The molecule has 41 heavy (non-hydrogen) atoms. The third kappa shape index (κ3) is 6.19. The van der Waals surface area contributed by atoms with Gasteiger partial charge in [-0.05, 0) is 54.8 Å². The maximum atomic E-state index is 14.0. The van der Waals surface area contributed by atoms with Gasteiger partial charge in [-0.2, -0.15) is 0 Å². The molecule has 0 radical (unpaired) electrons. The van der Waals surface area contributed by atoms with Crippen molar-refractivity contribution in [3.63, 3.8) is 0 Å². The van der Waals surface area contributed by atoms with Crippen molar-refractivity contribution in [3.05, 3.63) is 78.5 Å². The average molecular weight is 581 g/mol. The zero-order chi connectivity index (χ0) is 29.8. The maximum Gasteiger partial charge on any atom is 0.338 e. The van der Waals surface area contributed by atoms with Gasteiger partial charge in [-0.15, -0.1) is 0 Å². The van der Waals surface area contributed by atoms with Gasteiger partial charge in [0.1, 0.15) is 11.5 Å². The van der Waals surface area contributed by atoms with Crippen LogP contribution in [0.25, 0.3) is 6.08 Å². The lowest BCUT2D eigenvalue weighted by Gasteiger charge is -2.25. The van der Waals surface area contributed by atoms with Crippen molar-refractivity contribution in [1.29, 1.82) is 0 Å². The van der Waals surface area contributed by atoms with Gasteiger partial charge < -0.3 is 23.7 Å². The number of hydrogen-bond acceptors (Lipinski definition) is 10. The number of allylic oxidation sites excluding steroid dienone is 1. The van der Waals surface area contributed by atoms with Crippen LogP contribution in [0.5, 0.6) is 23.0 Å². The first-order valence-corrected chi connectivity index (χ1v) is 13.7. The second-order valence-electron chi connectivity index (χ2n) is 9.69. The Balaban J connectivity index is 1.95. The van der Waals surface area contributed by atoms with Gasteiger partial charge in [0.05, 0.1) is 49.8 Å². The molecule has 1 aromatic heterocycles. The number of thiazole rings is 1. The highest BCUT2D eigenvalue weighted by atomic mass is 32.1. The number of nitrogens with zero attached hydrogens (tertiary/aromatic N) is 2. The number of esters is 2. The minimum atomic E-state index is -0.874. The normalized spacial score (nSPS) is 14.8. The molecule has 11 heteroatoms. The van der Waals surface area contributed by atoms with E-state index in [0.717, 1.165) is 0 Å². The van der Waals surface area contributed by atoms with Crippen LogP contribution in [-0.4, -0.2) is 44.4 Å². The van der Waals surface area contributed by atoms with Gasteiger partial charge in [-0.25, -0.2) is 9.79 Å². The van der Waals surface area contributed by atoms with Gasteiger partial charge in [0, 0.05) is 12.5 Å². The molecule has 2 heterocycles. The largest absolute Gasteiger partial charge is 0.497 e. The number of carbonyl (C=O) groups is 2. The summed E-state index contributed by atoms with van der Waals surface area (Å²) >= 11 is 1.19. The van der Waals surface area contributed by atoms with Crippen LogP contribution in [-0.2, 0) is 14.3 Å². The van der Waals surface area contributed by atoms with E-state index in [1.54, 1.807) is 63.6 Å². The molecular weight excluding hydrogens is 548 g/mol. The highest BCUT2D eigenvalue weighted by Gasteiger charge is 2.34. The van der Waals surface area contributed by atoms with Crippen molar-refractivity contribution < 1.29 is 33.3 Å². The Morgan fingerprint density at radius 3 is 2.37 bits per heavy atom. The number of rotatable bonds is 9. The van der Waals surface area contributed by atoms with E-state index >= 15 is 0 Å². The molecule has 3 aromatic rings. The zero-order valence-electron chi connectivity index (χ0n) is 24.0. The summed E-state index contributed by atoms with van der Waals surface area (Å²) in [6, 6.07) is 9.31. The zero-order valence-corrected chi connectivity index (χ0v) is 24.8. The number of benzene rings is 2. The fourth-order valence-electron chi connectivity index (χ4n) is 4.41. The first kappa shape index (κ1) is 29.6. The molecule has 4 rings (SSSR count). The van der Waals surface area contributed by atoms with Gasteiger partial charge in [-0.1, -0.05) is 31.3 Å². The van der Waals surface area contributed by atoms with Crippen LogP contribution in [0, 0.1) is 5.92 Å². The fourth-order valence-corrected chi connectivity index (χ4v) is 5.44. The molecular formula is C30H32N2O8S. The van der Waals surface area contributed by atoms with E-state index in [2.05, 4.69) is 4.99 Å². The molecule has 10 nitrogen and oxygen atoms in total. The van der Waals surface area contributed by atoms with Gasteiger partial charge in [-0.3, -0.25) is 14.2 Å². The average Bonchev–Trinajstić information content (AvgIpc) is 3.24. The Labute approximate surface area is 241 Å². The molecule has 0 amide bonds. The van der Waals surface area contributed by atoms with E-state index in [0.29, 0.717) is 37.7 Å². The molecule has 2 aromatic carbocycles. The van der Waals surface area contributed by atoms with Crippen LogP contribution in [0.15, 0.2) is 57.5 Å². The number of ether oxygens (including phenoxy) is 5. The summed E-state index contributed by atoms with van der Waals surface area (Å²) in [6.07, 6.45) is 1.71. The second-order valence-corrected chi connectivity index (χ2v) is 10.7. The van der Waals surface area contributed by atoms with Gasteiger partial charge in [0.15, 0.2) is 16.3 Å². The van der Waals surface area contributed by atoms with Crippen molar-refractivity contribution in [1.82, 2.24) is 4.57 Å². The number of aromatic nitrogens is 1. The summed E-state index contributed by atoms with van der Waals surface area (Å²) in [5, 5.41) is 0. The Hall–Kier alpha value is -4.38. The third-order valence-corrected chi connectivity index (χ3v) is 7.25. The Bertz CT molecular complexity index is 1700. The third-order valence-electron chi connectivity index (χ3n) is 6.27.